The lowest BCUT2D eigenvalue weighted by Gasteiger charge is -2.18. The number of rotatable bonds is 7. The molecule has 3 unspecified atom stereocenters. The van der Waals surface area contributed by atoms with Crippen molar-refractivity contribution in [3.8, 4) is 0 Å². The molecule has 0 bridgehead atoms. The molecule has 0 aromatic heterocycles. The number of benzene rings is 2. The van der Waals surface area contributed by atoms with Crippen LogP contribution in [0.2, 0.25) is 0 Å². The molecule has 6 nitrogen and oxygen atoms in total. The molecule has 0 spiro atoms. The molecule has 2 aromatic carbocycles. The SMILES string of the molecule is CC1CC1C(=O)Nc1cccc(C(=O)NC(CC(=O)O)c2ccccc2)c1. The van der Waals surface area contributed by atoms with Gasteiger partial charge < -0.3 is 15.7 Å². The molecule has 2 aromatic rings. The summed E-state index contributed by atoms with van der Waals surface area (Å²) in [6.45, 7) is 2.03. The molecule has 0 radical (unpaired) electrons. The lowest BCUT2D eigenvalue weighted by atomic mass is 10.0. The highest BCUT2D eigenvalue weighted by Crippen LogP contribution is 2.38. The Morgan fingerprint density at radius 1 is 1.11 bits per heavy atom. The normalized spacial score (nSPS) is 19.0. The molecule has 3 N–H and O–H groups in total. The number of hydrogen-bond acceptors (Lipinski definition) is 3. The fraction of sp³-hybridized carbons (Fsp3) is 0.286. The van der Waals surface area contributed by atoms with Crippen LogP contribution in [0.5, 0.6) is 0 Å². The Bertz CT molecular complexity index is 850. The van der Waals surface area contributed by atoms with E-state index in [2.05, 4.69) is 10.6 Å². The summed E-state index contributed by atoms with van der Waals surface area (Å²) >= 11 is 0. The number of carboxylic acid groups (broad SMARTS) is 1. The standard InChI is InChI=1S/C21H22N2O4/c1-13-10-17(13)21(27)22-16-9-5-8-15(11-16)20(26)23-18(12-19(24)25)14-6-3-2-4-7-14/h2-9,11,13,17-18H,10,12H2,1H3,(H,22,27)(H,23,26)(H,24,25). The smallest absolute Gasteiger partial charge is 0.305 e. The van der Waals surface area contributed by atoms with Gasteiger partial charge in [-0.25, -0.2) is 0 Å². The Morgan fingerprint density at radius 2 is 1.81 bits per heavy atom. The zero-order chi connectivity index (χ0) is 19.4. The van der Waals surface area contributed by atoms with Gasteiger partial charge >= 0.3 is 5.97 Å². The van der Waals surface area contributed by atoms with Gasteiger partial charge in [0.15, 0.2) is 0 Å². The van der Waals surface area contributed by atoms with E-state index in [0.29, 0.717) is 17.2 Å². The molecule has 0 aliphatic heterocycles. The van der Waals surface area contributed by atoms with E-state index in [4.69, 9.17) is 5.11 Å². The molecule has 3 atom stereocenters. The zero-order valence-corrected chi connectivity index (χ0v) is 15.0. The average molecular weight is 366 g/mol. The Balaban J connectivity index is 1.71. The van der Waals surface area contributed by atoms with E-state index in [1.54, 1.807) is 48.5 Å². The van der Waals surface area contributed by atoms with Crippen molar-refractivity contribution in [3.05, 3.63) is 65.7 Å². The van der Waals surface area contributed by atoms with Crippen molar-refractivity contribution in [1.82, 2.24) is 5.32 Å². The van der Waals surface area contributed by atoms with Gasteiger partial charge in [0.05, 0.1) is 12.5 Å². The van der Waals surface area contributed by atoms with Crippen LogP contribution in [0.4, 0.5) is 5.69 Å². The summed E-state index contributed by atoms with van der Waals surface area (Å²) in [5, 5.41) is 14.8. The topological polar surface area (TPSA) is 95.5 Å². The Kier molecular flexibility index (Phi) is 5.54. The maximum Gasteiger partial charge on any atom is 0.305 e. The van der Waals surface area contributed by atoms with Crippen LogP contribution >= 0.6 is 0 Å². The Morgan fingerprint density at radius 3 is 2.44 bits per heavy atom. The first-order chi connectivity index (χ1) is 12.9. The second kappa shape index (κ2) is 8.03. The van der Waals surface area contributed by atoms with Crippen LogP contribution in [0, 0.1) is 11.8 Å². The molecule has 1 fully saturated rings. The number of amides is 2. The van der Waals surface area contributed by atoms with Crippen molar-refractivity contribution in [3.63, 3.8) is 0 Å². The van der Waals surface area contributed by atoms with Crippen molar-refractivity contribution in [1.29, 1.82) is 0 Å². The van der Waals surface area contributed by atoms with Gasteiger partial charge in [0.1, 0.15) is 0 Å². The van der Waals surface area contributed by atoms with Gasteiger partial charge in [0, 0.05) is 17.2 Å². The van der Waals surface area contributed by atoms with Crippen LogP contribution in [-0.2, 0) is 9.59 Å². The number of anilines is 1. The van der Waals surface area contributed by atoms with Crippen molar-refractivity contribution in [2.24, 2.45) is 11.8 Å². The predicted molar refractivity (Wildman–Crippen MR) is 101 cm³/mol. The fourth-order valence-corrected chi connectivity index (χ4v) is 3.01. The Hall–Kier alpha value is -3.15. The molecule has 6 heteroatoms. The first-order valence-corrected chi connectivity index (χ1v) is 8.92. The second-order valence-corrected chi connectivity index (χ2v) is 6.92. The quantitative estimate of drug-likeness (QED) is 0.701. The highest BCUT2D eigenvalue weighted by molar-refractivity contribution is 5.98. The number of carbonyl (C=O) groups excluding carboxylic acids is 2. The van der Waals surface area contributed by atoms with E-state index < -0.39 is 12.0 Å². The summed E-state index contributed by atoms with van der Waals surface area (Å²) in [4.78, 5) is 35.9. The second-order valence-electron chi connectivity index (χ2n) is 6.92. The molecule has 0 saturated heterocycles. The van der Waals surface area contributed by atoms with Crippen LogP contribution in [0.1, 0.15) is 41.7 Å². The third-order valence-electron chi connectivity index (χ3n) is 4.72. The maximum absolute atomic E-state index is 12.6. The summed E-state index contributed by atoms with van der Waals surface area (Å²) in [5.74, 6) is -0.975. The van der Waals surface area contributed by atoms with Crippen LogP contribution in [0.15, 0.2) is 54.6 Å². The van der Waals surface area contributed by atoms with E-state index in [-0.39, 0.29) is 24.2 Å². The minimum Gasteiger partial charge on any atom is -0.481 e. The first kappa shape index (κ1) is 18.6. The van der Waals surface area contributed by atoms with Crippen molar-refractivity contribution in [2.45, 2.75) is 25.8 Å². The predicted octanol–water partition coefficient (Wildman–Crippen LogP) is 3.23. The van der Waals surface area contributed by atoms with Crippen LogP contribution < -0.4 is 10.6 Å². The lowest BCUT2D eigenvalue weighted by Crippen LogP contribution is -2.30. The van der Waals surface area contributed by atoms with E-state index in [1.165, 1.54) is 0 Å². The first-order valence-electron chi connectivity index (χ1n) is 8.92. The van der Waals surface area contributed by atoms with Gasteiger partial charge in [-0.05, 0) is 36.1 Å². The van der Waals surface area contributed by atoms with E-state index in [1.807, 2.05) is 13.0 Å². The molecule has 140 valence electrons. The number of carboxylic acids is 1. The molecular formula is C21H22N2O4. The minimum atomic E-state index is -0.997. The van der Waals surface area contributed by atoms with E-state index >= 15 is 0 Å². The molecule has 2 amide bonds. The van der Waals surface area contributed by atoms with Crippen LogP contribution in [0.3, 0.4) is 0 Å². The molecule has 0 heterocycles. The van der Waals surface area contributed by atoms with Gasteiger partial charge in [0.25, 0.3) is 5.91 Å². The summed E-state index contributed by atoms with van der Waals surface area (Å²) in [5.41, 5.74) is 1.64. The Labute approximate surface area is 157 Å². The number of hydrogen-bond donors (Lipinski definition) is 3. The summed E-state index contributed by atoms with van der Waals surface area (Å²) < 4.78 is 0. The van der Waals surface area contributed by atoms with Crippen molar-refractivity contribution < 1.29 is 19.5 Å². The largest absolute Gasteiger partial charge is 0.481 e. The van der Waals surface area contributed by atoms with Gasteiger partial charge in [-0.15, -0.1) is 0 Å². The van der Waals surface area contributed by atoms with Gasteiger partial charge in [-0.2, -0.15) is 0 Å². The van der Waals surface area contributed by atoms with E-state index in [0.717, 1.165) is 12.0 Å². The maximum atomic E-state index is 12.6. The third kappa shape index (κ3) is 4.94. The van der Waals surface area contributed by atoms with Gasteiger partial charge in [-0.1, -0.05) is 43.3 Å². The summed E-state index contributed by atoms with van der Waals surface area (Å²) in [6, 6.07) is 15.0. The third-order valence-corrected chi connectivity index (χ3v) is 4.72. The van der Waals surface area contributed by atoms with Crippen molar-refractivity contribution in [2.75, 3.05) is 5.32 Å². The zero-order valence-electron chi connectivity index (χ0n) is 15.0. The number of nitrogens with one attached hydrogen (secondary N) is 2. The minimum absolute atomic E-state index is 0.0342. The molecule has 27 heavy (non-hydrogen) atoms. The van der Waals surface area contributed by atoms with Crippen LogP contribution in [-0.4, -0.2) is 22.9 Å². The van der Waals surface area contributed by atoms with Crippen molar-refractivity contribution >= 4 is 23.5 Å². The molecular weight excluding hydrogens is 344 g/mol. The number of carbonyl (C=O) groups is 3. The van der Waals surface area contributed by atoms with Crippen LogP contribution in [0.25, 0.3) is 0 Å². The highest BCUT2D eigenvalue weighted by atomic mass is 16.4. The molecule has 1 aliphatic rings. The lowest BCUT2D eigenvalue weighted by molar-refractivity contribution is -0.137. The summed E-state index contributed by atoms with van der Waals surface area (Å²) in [7, 11) is 0. The van der Waals surface area contributed by atoms with Gasteiger partial charge in [-0.3, -0.25) is 14.4 Å². The average Bonchev–Trinajstić information content (AvgIpc) is 3.38. The molecule has 3 rings (SSSR count). The monoisotopic (exact) mass is 366 g/mol. The molecule has 1 aliphatic carbocycles. The number of aliphatic carboxylic acids is 1. The highest BCUT2D eigenvalue weighted by Gasteiger charge is 2.39. The fourth-order valence-electron chi connectivity index (χ4n) is 3.01. The summed E-state index contributed by atoms with van der Waals surface area (Å²) in [6.07, 6.45) is 0.672. The van der Waals surface area contributed by atoms with E-state index in [9.17, 15) is 14.4 Å². The molecule has 1 saturated carbocycles. The van der Waals surface area contributed by atoms with Gasteiger partial charge in [0.2, 0.25) is 5.91 Å².